The third kappa shape index (κ3) is 3.30. The second-order valence-corrected chi connectivity index (χ2v) is 9.64. The maximum absolute atomic E-state index is 11.4. The van der Waals surface area contributed by atoms with Crippen LogP contribution in [0.4, 0.5) is 11.5 Å². The topological polar surface area (TPSA) is 98.2 Å². The van der Waals surface area contributed by atoms with E-state index in [9.17, 15) is 8.42 Å². The number of sulfonamides is 1. The maximum atomic E-state index is 11.4. The number of pyridine rings is 1. The number of nitrogens with zero attached hydrogens (tertiary/aromatic N) is 1. The van der Waals surface area contributed by atoms with Gasteiger partial charge in [0, 0.05) is 43.9 Å². The second-order valence-electron chi connectivity index (χ2n) is 7.01. The summed E-state index contributed by atoms with van der Waals surface area (Å²) in [5.41, 5.74) is 10.3. The molecule has 0 spiro atoms. The molecule has 3 N–H and O–H groups in total. The van der Waals surface area contributed by atoms with Gasteiger partial charge in [-0.1, -0.05) is 30.3 Å². The van der Waals surface area contributed by atoms with E-state index in [-0.39, 0.29) is 0 Å². The van der Waals surface area contributed by atoms with Gasteiger partial charge >= 0.3 is 0 Å². The van der Waals surface area contributed by atoms with Crippen molar-refractivity contribution in [2.75, 3.05) is 16.7 Å². The third-order valence-electron chi connectivity index (χ3n) is 4.81. The molecule has 0 unspecified atom stereocenters. The third-order valence-corrected chi connectivity index (χ3v) is 6.43. The van der Waals surface area contributed by atoms with Gasteiger partial charge in [0.15, 0.2) is 0 Å². The summed E-state index contributed by atoms with van der Waals surface area (Å²) in [6, 6.07) is 17.1. The van der Waals surface area contributed by atoms with Crippen LogP contribution in [0.25, 0.3) is 43.5 Å². The van der Waals surface area contributed by atoms with Crippen molar-refractivity contribution >= 4 is 53.9 Å². The van der Waals surface area contributed by atoms with Crippen LogP contribution in [0, 0.1) is 0 Å². The van der Waals surface area contributed by atoms with Crippen molar-refractivity contribution in [1.29, 1.82) is 0 Å². The lowest BCUT2D eigenvalue weighted by atomic mass is 10.0. The zero-order valence-corrected chi connectivity index (χ0v) is 17.5. The number of rotatable bonds is 4. The van der Waals surface area contributed by atoms with Gasteiger partial charge in [-0.25, -0.2) is 13.4 Å². The first-order chi connectivity index (χ1) is 14.4. The number of hydrogen-bond acceptors (Lipinski definition) is 6. The summed E-state index contributed by atoms with van der Waals surface area (Å²) in [4.78, 5) is 4.41. The molecule has 0 aliphatic rings. The fourth-order valence-corrected chi connectivity index (χ4v) is 5.16. The van der Waals surface area contributed by atoms with Gasteiger partial charge in [0.05, 0.1) is 6.26 Å². The minimum absolute atomic E-state index is 0.445. The summed E-state index contributed by atoms with van der Waals surface area (Å²) in [6.45, 7) is 0. The van der Waals surface area contributed by atoms with Crippen LogP contribution in [-0.2, 0) is 10.0 Å². The molecule has 0 fully saturated rings. The molecule has 0 saturated carbocycles. The van der Waals surface area contributed by atoms with E-state index in [4.69, 9.17) is 10.2 Å². The van der Waals surface area contributed by atoms with Crippen molar-refractivity contribution in [3.05, 3.63) is 66.2 Å². The number of thiophene rings is 1. The number of furan rings is 1. The van der Waals surface area contributed by atoms with Crippen LogP contribution in [-0.4, -0.2) is 19.7 Å². The molecule has 30 heavy (non-hydrogen) atoms. The summed E-state index contributed by atoms with van der Waals surface area (Å²) in [5.74, 6) is 1.20. The molecule has 0 atom stereocenters. The van der Waals surface area contributed by atoms with Crippen LogP contribution in [0.1, 0.15) is 0 Å². The molecule has 5 rings (SSSR count). The fraction of sp³-hybridized carbons (Fsp3) is 0.0455. The Morgan fingerprint density at radius 3 is 2.57 bits per heavy atom. The van der Waals surface area contributed by atoms with Gasteiger partial charge in [-0.2, -0.15) is 0 Å². The number of para-hydroxylation sites is 1. The Morgan fingerprint density at radius 1 is 1.07 bits per heavy atom. The number of nitrogen functional groups attached to an aromatic ring is 1. The molecule has 8 heteroatoms. The lowest BCUT2D eigenvalue weighted by Crippen LogP contribution is -2.09. The highest BCUT2D eigenvalue weighted by Gasteiger charge is 2.17. The molecule has 0 saturated heterocycles. The van der Waals surface area contributed by atoms with Gasteiger partial charge in [-0.05, 0) is 29.8 Å². The first-order valence-electron chi connectivity index (χ1n) is 9.12. The lowest BCUT2D eigenvalue weighted by Gasteiger charge is -2.08. The van der Waals surface area contributed by atoms with E-state index >= 15 is 0 Å². The zero-order valence-electron chi connectivity index (χ0n) is 15.9. The number of nitrogens with one attached hydrogen (secondary N) is 1. The van der Waals surface area contributed by atoms with Crippen molar-refractivity contribution < 1.29 is 12.8 Å². The molecule has 3 aromatic heterocycles. The van der Waals surface area contributed by atoms with Crippen LogP contribution < -0.4 is 10.5 Å². The van der Waals surface area contributed by atoms with Gasteiger partial charge in [-0.15, -0.1) is 11.3 Å². The second kappa shape index (κ2) is 6.86. The summed E-state index contributed by atoms with van der Waals surface area (Å²) in [6.07, 6.45) is 2.87. The Kier molecular flexibility index (Phi) is 4.27. The highest BCUT2D eigenvalue weighted by molar-refractivity contribution is 7.92. The van der Waals surface area contributed by atoms with Crippen molar-refractivity contribution in [3.8, 4) is 22.5 Å². The van der Waals surface area contributed by atoms with E-state index in [2.05, 4.69) is 9.71 Å². The summed E-state index contributed by atoms with van der Waals surface area (Å²) in [7, 11) is -3.32. The minimum atomic E-state index is -3.32. The van der Waals surface area contributed by atoms with Crippen molar-refractivity contribution in [2.45, 2.75) is 0 Å². The van der Waals surface area contributed by atoms with Crippen LogP contribution in [0.15, 0.2) is 70.6 Å². The minimum Gasteiger partial charge on any atom is -0.456 e. The molecule has 150 valence electrons. The number of nitrogens with two attached hydrogens (primary N) is 1. The smallest absolute Gasteiger partial charge is 0.229 e. The first kappa shape index (κ1) is 18.7. The lowest BCUT2D eigenvalue weighted by molar-refractivity contribution is 0.607. The average Bonchev–Trinajstić information content (AvgIpc) is 3.32. The molecule has 0 amide bonds. The van der Waals surface area contributed by atoms with Crippen molar-refractivity contribution in [2.24, 2.45) is 0 Å². The predicted octanol–water partition coefficient (Wildman–Crippen LogP) is 5.33. The quantitative estimate of drug-likeness (QED) is 0.398. The molecular formula is C22H17N3O3S2. The van der Waals surface area contributed by atoms with E-state index < -0.39 is 10.0 Å². The maximum Gasteiger partial charge on any atom is 0.229 e. The molecule has 3 heterocycles. The standard InChI is InChI=1S/C22H17N3O3S2/c1-30(26,27)25-15-8-6-13(7-9-15)16-11-24-22(23)20-17(12-29-21(16)20)19-10-14-4-2-3-5-18(14)28-19/h2-12,25H,1H3,(H2,23,24). The molecule has 0 radical (unpaired) electrons. The number of fused-ring (bicyclic) bond motifs is 2. The Balaban J connectivity index is 1.62. The zero-order chi connectivity index (χ0) is 20.9. The van der Waals surface area contributed by atoms with Crippen LogP contribution >= 0.6 is 11.3 Å². The molecule has 2 aromatic carbocycles. The van der Waals surface area contributed by atoms with E-state index in [1.165, 1.54) is 0 Å². The van der Waals surface area contributed by atoms with Crippen LogP contribution in [0.2, 0.25) is 0 Å². The molecule has 6 nitrogen and oxygen atoms in total. The SMILES string of the molecule is CS(=O)(=O)Nc1ccc(-c2cnc(N)c3c(-c4cc5ccccc5o4)csc23)cc1. The Bertz CT molecular complexity index is 1470. The van der Waals surface area contributed by atoms with E-state index in [0.717, 1.165) is 49.8 Å². The van der Waals surface area contributed by atoms with Gasteiger partial charge in [0.25, 0.3) is 0 Å². The van der Waals surface area contributed by atoms with Crippen molar-refractivity contribution in [1.82, 2.24) is 4.98 Å². The summed E-state index contributed by atoms with van der Waals surface area (Å²) >= 11 is 1.58. The monoisotopic (exact) mass is 435 g/mol. The normalized spacial score (nSPS) is 11.9. The first-order valence-corrected chi connectivity index (χ1v) is 11.9. The van der Waals surface area contributed by atoms with Crippen LogP contribution in [0.5, 0.6) is 0 Å². The summed E-state index contributed by atoms with van der Waals surface area (Å²) in [5, 5.41) is 3.92. The van der Waals surface area contributed by atoms with Gasteiger partial charge in [0.1, 0.15) is 17.2 Å². The molecule has 0 bridgehead atoms. The molecule has 0 aliphatic carbocycles. The van der Waals surface area contributed by atoms with E-state index in [1.54, 1.807) is 29.7 Å². The van der Waals surface area contributed by atoms with E-state index in [0.29, 0.717) is 11.5 Å². The molecular weight excluding hydrogens is 418 g/mol. The number of hydrogen-bond donors (Lipinski definition) is 2. The number of aromatic nitrogens is 1. The van der Waals surface area contributed by atoms with Crippen molar-refractivity contribution in [3.63, 3.8) is 0 Å². The highest BCUT2D eigenvalue weighted by atomic mass is 32.2. The van der Waals surface area contributed by atoms with Crippen LogP contribution in [0.3, 0.4) is 0 Å². The van der Waals surface area contributed by atoms with Gasteiger partial charge < -0.3 is 10.2 Å². The van der Waals surface area contributed by atoms with E-state index in [1.807, 2.05) is 47.8 Å². The van der Waals surface area contributed by atoms with Gasteiger partial charge in [-0.3, -0.25) is 4.72 Å². The number of anilines is 2. The molecule has 0 aliphatic heterocycles. The summed E-state index contributed by atoms with van der Waals surface area (Å²) < 4.78 is 32.4. The highest BCUT2D eigenvalue weighted by Crippen LogP contribution is 2.43. The fourth-order valence-electron chi connectivity index (χ4n) is 3.50. The van der Waals surface area contributed by atoms with Gasteiger partial charge in [0.2, 0.25) is 10.0 Å². The largest absolute Gasteiger partial charge is 0.456 e. The Hall–Kier alpha value is -3.36. The average molecular weight is 436 g/mol. The number of benzene rings is 2. The Labute approximate surface area is 177 Å². The predicted molar refractivity (Wildman–Crippen MR) is 123 cm³/mol. The molecule has 5 aromatic rings. The Morgan fingerprint density at radius 2 is 1.83 bits per heavy atom.